The van der Waals surface area contributed by atoms with Gasteiger partial charge in [-0.05, 0) is 36.2 Å². The van der Waals surface area contributed by atoms with E-state index in [9.17, 15) is 13.2 Å². The van der Waals surface area contributed by atoms with E-state index in [-0.39, 0.29) is 27.4 Å². The molecule has 1 aliphatic heterocycles. The van der Waals surface area contributed by atoms with Gasteiger partial charge in [-0.25, -0.2) is 13.1 Å². The number of hydrogen-bond donors (Lipinski definition) is 1. The number of hydrogen-bond acceptors (Lipinski definition) is 4. The molecule has 144 valence electrons. The summed E-state index contributed by atoms with van der Waals surface area (Å²) in [6.45, 7) is 0.728. The van der Waals surface area contributed by atoms with Gasteiger partial charge < -0.3 is 9.64 Å². The van der Waals surface area contributed by atoms with Crippen molar-refractivity contribution in [3.8, 4) is 5.75 Å². The lowest BCUT2D eigenvalue weighted by atomic mass is 10.2. The van der Waals surface area contributed by atoms with Crippen LogP contribution in [-0.2, 0) is 21.4 Å². The number of halogens is 2. The molecule has 9 heteroatoms. The average molecular weight is 429 g/mol. The molecule has 0 unspecified atom stereocenters. The summed E-state index contributed by atoms with van der Waals surface area (Å²) in [6, 6.07) is 10.0. The van der Waals surface area contributed by atoms with Crippen LogP contribution in [0, 0.1) is 0 Å². The Morgan fingerprint density at radius 2 is 1.96 bits per heavy atom. The molecule has 1 fully saturated rings. The number of rotatable bonds is 6. The molecule has 2 aromatic rings. The van der Waals surface area contributed by atoms with Crippen molar-refractivity contribution in [1.29, 1.82) is 0 Å². The van der Waals surface area contributed by atoms with Crippen LogP contribution < -0.4 is 14.4 Å². The number of benzene rings is 2. The molecule has 1 N–H and O–H groups in total. The number of methoxy groups -OCH3 is 1. The van der Waals surface area contributed by atoms with Gasteiger partial charge in [0, 0.05) is 25.2 Å². The third-order valence-electron chi connectivity index (χ3n) is 4.28. The molecule has 0 atom stereocenters. The molecular weight excluding hydrogens is 411 g/mol. The van der Waals surface area contributed by atoms with E-state index in [0.717, 1.165) is 17.7 Å². The van der Waals surface area contributed by atoms with Crippen molar-refractivity contribution < 1.29 is 17.9 Å². The first kappa shape index (κ1) is 19.9. The largest absolute Gasteiger partial charge is 0.495 e. The van der Waals surface area contributed by atoms with Crippen LogP contribution >= 0.6 is 23.2 Å². The van der Waals surface area contributed by atoms with Crippen LogP contribution in [0.2, 0.25) is 10.0 Å². The zero-order valence-electron chi connectivity index (χ0n) is 14.5. The Balaban J connectivity index is 1.78. The van der Waals surface area contributed by atoms with Gasteiger partial charge in [-0.1, -0.05) is 35.3 Å². The van der Waals surface area contributed by atoms with Crippen LogP contribution in [0.25, 0.3) is 0 Å². The van der Waals surface area contributed by atoms with E-state index < -0.39 is 10.0 Å². The number of anilines is 1. The molecule has 6 nitrogen and oxygen atoms in total. The van der Waals surface area contributed by atoms with Crippen LogP contribution in [0.15, 0.2) is 41.3 Å². The van der Waals surface area contributed by atoms with Crippen molar-refractivity contribution in [1.82, 2.24) is 4.72 Å². The van der Waals surface area contributed by atoms with Gasteiger partial charge in [-0.15, -0.1) is 0 Å². The van der Waals surface area contributed by atoms with Crippen molar-refractivity contribution in [2.75, 3.05) is 18.6 Å². The topological polar surface area (TPSA) is 75.7 Å². The quantitative estimate of drug-likeness (QED) is 0.762. The van der Waals surface area contributed by atoms with E-state index >= 15 is 0 Å². The Bertz CT molecular complexity index is 979. The number of amides is 1. The molecule has 0 aromatic heterocycles. The maximum Gasteiger partial charge on any atom is 0.242 e. The lowest BCUT2D eigenvalue weighted by molar-refractivity contribution is -0.117. The summed E-state index contributed by atoms with van der Waals surface area (Å²) in [5.41, 5.74) is 1.49. The molecule has 1 saturated heterocycles. The fourth-order valence-electron chi connectivity index (χ4n) is 2.89. The molecule has 27 heavy (non-hydrogen) atoms. The van der Waals surface area contributed by atoms with Gasteiger partial charge in [0.25, 0.3) is 0 Å². The standard InChI is InChI=1S/C18H18Cl2N2O4S/c1-26-14-7-8-15(18(20)17(14)19)27(24,25)21-11-12-4-2-5-13(10-12)22-9-3-6-16(22)23/h2,4-5,7-8,10,21H,3,6,9,11H2,1H3. The highest BCUT2D eigenvalue weighted by Gasteiger charge is 2.23. The summed E-state index contributed by atoms with van der Waals surface area (Å²) in [5, 5.41) is -0.0588. The first-order valence-corrected chi connectivity index (χ1v) is 10.5. The second-order valence-corrected chi connectivity index (χ2v) is 8.53. The van der Waals surface area contributed by atoms with Gasteiger partial charge in [0.05, 0.1) is 12.1 Å². The van der Waals surface area contributed by atoms with Gasteiger partial charge in [0.1, 0.15) is 15.7 Å². The Hall–Kier alpha value is -1.80. The third-order valence-corrected chi connectivity index (χ3v) is 6.70. The minimum Gasteiger partial charge on any atom is -0.495 e. The van der Waals surface area contributed by atoms with Crippen molar-refractivity contribution >= 4 is 44.8 Å². The van der Waals surface area contributed by atoms with Crippen LogP contribution in [0.4, 0.5) is 5.69 Å². The molecule has 0 bridgehead atoms. The Kier molecular flexibility index (Phi) is 5.95. The minimum atomic E-state index is -3.88. The molecule has 3 rings (SSSR count). The maximum absolute atomic E-state index is 12.6. The smallest absolute Gasteiger partial charge is 0.242 e. The summed E-state index contributed by atoms with van der Waals surface area (Å²) in [4.78, 5) is 13.5. The first-order chi connectivity index (χ1) is 12.8. The normalized spacial score (nSPS) is 14.6. The summed E-state index contributed by atoms with van der Waals surface area (Å²) in [6.07, 6.45) is 1.36. The zero-order chi connectivity index (χ0) is 19.6. The molecule has 2 aromatic carbocycles. The molecule has 0 spiro atoms. The molecule has 0 aliphatic carbocycles. The fourth-order valence-corrected chi connectivity index (χ4v) is 4.75. The van der Waals surface area contributed by atoms with Crippen molar-refractivity contribution in [2.45, 2.75) is 24.3 Å². The molecule has 1 amide bonds. The molecule has 0 saturated carbocycles. The van der Waals surface area contributed by atoms with Crippen LogP contribution in [-0.4, -0.2) is 28.0 Å². The van der Waals surface area contributed by atoms with E-state index in [2.05, 4.69) is 4.72 Å². The molecule has 0 radical (unpaired) electrons. The van der Waals surface area contributed by atoms with E-state index in [0.29, 0.717) is 18.7 Å². The molecule has 1 aliphatic rings. The van der Waals surface area contributed by atoms with E-state index in [1.807, 2.05) is 6.07 Å². The Labute approximate surface area is 168 Å². The fraction of sp³-hybridized carbons (Fsp3) is 0.278. The maximum atomic E-state index is 12.6. The number of sulfonamides is 1. The zero-order valence-corrected chi connectivity index (χ0v) is 16.9. The number of carbonyl (C=O) groups excluding carboxylic acids is 1. The third kappa shape index (κ3) is 4.21. The highest BCUT2D eigenvalue weighted by atomic mass is 35.5. The summed E-state index contributed by atoms with van der Waals surface area (Å²) >= 11 is 12.1. The lowest BCUT2D eigenvalue weighted by Gasteiger charge is -2.17. The predicted molar refractivity (Wildman–Crippen MR) is 105 cm³/mol. The average Bonchev–Trinajstić information content (AvgIpc) is 3.08. The Morgan fingerprint density at radius 3 is 2.63 bits per heavy atom. The summed E-state index contributed by atoms with van der Waals surface area (Å²) < 4.78 is 32.8. The second kappa shape index (κ2) is 8.06. The highest BCUT2D eigenvalue weighted by Crippen LogP contribution is 2.36. The monoisotopic (exact) mass is 428 g/mol. The molecule has 1 heterocycles. The van der Waals surface area contributed by atoms with Crippen molar-refractivity contribution in [3.63, 3.8) is 0 Å². The van der Waals surface area contributed by atoms with Gasteiger partial charge in [0.15, 0.2) is 0 Å². The van der Waals surface area contributed by atoms with Crippen LogP contribution in [0.5, 0.6) is 5.75 Å². The SMILES string of the molecule is COc1ccc(S(=O)(=O)NCc2cccc(N3CCCC3=O)c2)c(Cl)c1Cl. The van der Waals surface area contributed by atoms with Crippen LogP contribution in [0.1, 0.15) is 18.4 Å². The Morgan fingerprint density at radius 1 is 1.19 bits per heavy atom. The van der Waals surface area contributed by atoms with E-state index in [4.69, 9.17) is 27.9 Å². The predicted octanol–water partition coefficient (Wildman–Crippen LogP) is 3.61. The second-order valence-electron chi connectivity index (χ2n) is 6.04. The minimum absolute atomic E-state index is 0.0385. The number of nitrogens with one attached hydrogen (secondary N) is 1. The highest BCUT2D eigenvalue weighted by molar-refractivity contribution is 7.89. The van der Waals surface area contributed by atoms with Gasteiger partial charge in [0.2, 0.25) is 15.9 Å². The number of nitrogens with zero attached hydrogens (tertiary/aromatic N) is 1. The summed E-state index contributed by atoms with van der Waals surface area (Å²) in [7, 11) is -2.46. The van der Waals surface area contributed by atoms with Crippen molar-refractivity contribution in [3.05, 3.63) is 52.0 Å². The van der Waals surface area contributed by atoms with Crippen molar-refractivity contribution in [2.24, 2.45) is 0 Å². The van der Waals surface area contributed by atoms with Gasteiger partial charge in [-0.2, -0.15) is 0 Å². The lowest BCUT2D eigenvalue weighted by Crippen LogP contribution is -2.25. The van der Waals surface area contributed by atoms with Crippen LogP contribution in [0.3, 0.4) is 0 Å². The molecular formula is C18H18Cl2N2O4S. The van der Waals surface area contributed by atoms with E-state index in [1.165, 1.54) is 19.2 Å². The number of carbonyl (C=O) groups is 1. The van der Waals surface area contributed by atoms with E-state index in [1.54, 1.807) is 23.1 Å². The van der Waals surface area contributed by atoms with Gasteiger partial charge in [-0.3, -0.25) is 4.79 Å². The number of ether oxygens (including phenoxy) is 1. The first-order valence-electron chi connectivity index (χ1n) is 8.24. The van der Waals surface area contributed by atoms with Gasteiger partial charge >= 0.3 is 0 Å². The summed E-state index contributed by atoms with van der Waals surface area (Å²) in [5.74, 6) is 0.371.